The van der Waals surface area contributed by atoms with Crippen LogP contribution in [0.15, 0.2) is 42.2 Å². The maximum absolute atomic E-state index is 14.3. The standard InChI is InChI=1S/C38H46N4O9/c1-7-20-18-40-14-13-23-30-26(9-8-10-28(30)48-5)41(31(23)27(40)16-24(20)25(19-47-4)34(44)49-6)36(46)39-17-29(43)51-42-33-32(50-33)37(2)21-11-12-22(15-21)38(37,3)35(42)45/h8-12,19-22,24,27,32-33H,7,13-18H2,1-6H3,(H,39,46)/b25-19+/t20-,21?,22-,24+,27+,32?,33?,37-,38+/m1/s1. The topological polar surface area (TPSA) is 141 Å². The lowest BCUT2D eigenvalue weighted by Crippen LogP contribution is -2.61. The molecule has 3 unspecified atom stereocenters. The SMILES string of the molecule is CC[C@@H]1CN2CCc3c(n(C(=O)NCC(=O)ON4C(=O)[C@]5(C)[C@@H]6C=CC(C6)[C@]5(C)C5OC54)c4cccc(OC)c34)[C@@H]2C[C@@H]1/C(=C\OC)C(=O)OC. The van der Waals surface area contributed by atoms with Crippen molar-refractivity contribution in [3.05, 3.63) is 53.4 Å². The quantitative estimate of drug-likeness (QED) is 0.141. The number of hydrogen-bond acceptors (Lipinski definition) is 10. The van der Waals surface area contributed by atoms with Crippen LogP contribution in [0.1, 0.15) is 57.3 Å². The van der Waals surface area contributed by atoms with E-state index in [2.05, 4.69) is 36.2 Å². The first-order valence-corrected chi connectivity index (χ1v) is 17.9. The van der Waals surface area contributed by atoms with Crippen LogP contribution in [0.2, 0.25) is 0 Å². The van der Waals surface area contributed by atoms with Crippen LogP contribution in [-0.4, -0.2) is 91.7 Å². The van der Waals surface area contributed by atoms with Crippen molar-refractivity contribution in [1.82, 2.24) is 19.8 Å². The van der Waals surface area contributed by atoms with E-state index in [0.717, 1.165) is 47.6 Å². The Bertz CT molecular complexity index is 1890. The smallest absolute Gasteiger partial charge is 0.351 e. The first-order chi connectivity index (χ1) is 24.5. The summed E-state index contributed by atoms with van der Waals surface area (Å²) in [5, 5.41) is 4.72. The van der Waals surface area contributed by atoms with E-state index in [-0.39, 0.29) is 47.1 Å². The lowest BCUT2D eigenvalue weighted by atomic mass is 9.56. The largest absolute Gasteiger partial charge is 0.504 e. The van der Waals surface area contributed by atoms with Gasteiger partial charge in [-0.15, -0.1) is 5.06 Å². The molecule has 1 aromatic heterocycles. The number of ether oxygens (including phenoxy) is 4. The lowest BCUT2D eigenvalue weighted by Gasteiger charge is -2.49. The molecule has 51 heavy (non-hydrogen) atoms. The number of nitrogens with one attached hydrogen (secondary N) is 1. The zero-order valence-corrected chi connectivity index (χ0v) is 30.0. The molecular weight excluding hydrogens is 656 g/mol. The van der Waals surface area contributed by atoms with E-state index in [9.17, 15) is 19.2 Å². The molecular formula is C38H46N4O9. The number of rotatable bonds is 8. The number of nitrogens with zero attached hydrogens (tertiary/aromatic N) is 3. The van der Waals surface area contributed by atoms with Crippen LogP contribution in [0.25, 0.3) is 10.9 Å². The summed E-state index contributed by atoms with van der Waals surface area (Å²) < 4.78 is 23.9. The van der Waals surface area contributed by atoms with Gasteiger partial charge in [0.1, 0.15) is 18.4 Å². The Morgan fingerprint density at radius 3 is 2.61 bits per heavy atom. The molecule has 1 aromatic carbocycles. The Kier molecular flexibility index (Phi) is 8.02. The van der Waals surface area contributed by atoms with Gasteiger partial charge in [0.05, 0.1) is 50.1 Å². The molecule has 2 amide bonds. The number of aromatic nitrogens is 1. The molecule has 1 N–H and O–H groups in total. The third-order valence-electron chi connectivity index (χ3n) is 13.3. The minimum Gasteiger partial charge on any atom is -0.504 e. The molecule has 5 heterocycles. The van der Waals surface area contributed by atoms with E-state index in [1.165, 1.54) is 20.5 Å². The molecule has 272 valence electrons. The third kappa shape index (κ3) is 4.66. The van der Waals surface area contributed by atoms with Crippen LogP contribution in [-0.2, 0) is 39.9 Å². The predicted molar refractivity (Wildman–Crippen MR) is 183 cm³/mol. The molecule has 8 rings (SSSR count). The molecule has 13 nitrogen and oxygen atoms in total. The number of allylic oxidation sites excluding steroid dienone is 2. The van der Waals surface area contributed by atoms with Crippen molar-refractivity contribution >= 4 is 34.8 Å². The lowest BCUT2D eigenvalue weighted by molar-refractivity contribution is -0.222. The van der Waals surface area contributed by atoms with Gasteiger partial charge in [-0.2, -0.15) is 0 Å². The highest BCUT2D eigenvalue weighted by molar-refractivity contribution is 6.00. The highest BCUT2D eigenvalue weighted by Gasteiger charge is 2.79. The molecule has 13 heteroatoms. The molecule has 9 atom stereocenters. The maximum atomic E-state index is 14.3. The number of hydrogen-bond donors (Lipinski definition) is 1. The number of fused-ring (bicyclic) bond motifs is 12. The predicted octanol–water partition coefficient (Wildman–Crippen LogP) is 4.10. The monoisotopic (exact) mass is 702 g/mol. The van der Waals surface area contributed by atoms with E-state index in [4.69, 9.17) is 23.8 Å². The summed E-state index contributed by atoms with van der Waals surface area (Å²) in [5.41, 5.74) is 1.81. The normalized spacial score (nSPS) is 34.7. The first-order valence-electron chi connectivity index (χ1n) is 17.9. The van der Waals surface area contributed by atoms with Gasteiger partial charge in [-0.25, -0.2) is 14.4 Å². The van der Waals surface area contributed by atoms with Crippen LogP contribution in [0.5, 0.6) is 5.75 Å². The van der Waals surface area contributed by atoms with Crippen LogP contribution in [0.3, 0.4) is 0 Å². The zero-order chi connectivity index (χ0) is 36.0. The minimum absolute atomic E-state index is 0.0523. The van der Waals surface area contributed by atoms with Gasteiger partial charge in [0.2, 0.25) is 0 Å². The maximum Gasteiger partial charge on any atom is 0.351 e. The number of methoxy groups -OCH3 is 3. The third-order valence-corrected chi connectivity index (χ3v) is 13.3. The molecule has 3 saturated heterocycles. The molecule has 2 aromatic rings. The van der Waals surface area contributed by atoms with Gasteiger partial charge in [-0.3, -0.25) is 14.3 Å². The molecule has 4 fully saturated rings. The summed E-state index contributed by atoms with van der Waals surface area (Å²) in [7, 11) is 4.49. The Morgan fingerprint density at radius 2 is 1.88 bits per heavy atom. The summed E-state index contributed by atoms with van der Waals surface area (Å²) in [6, 6.07) is 4.86. The van der Waals surface area contributed by atoms with Gasteiger partial charge in [-0.1, -0.05) is 38.5 Å². The van der Waals surface area contributed by atoms with Gasteiger partial charge in [0, 0.05) is 29.6 Å². The molecule has 2 bridgehead atoms. The average Bonchev–Trinajstić information content (AvgIpc) is 3.55. The van der Waals surface area contributed by atoms with E-state index in [0.29, 0.717) is 29.7 Å². The summed E-state index contributed by atoms with van der Waals surface area (Å²) in [6.07, 6.45) is 7.90. The van der Waals surface area contributed by atoms with Gasteiger partial charge in [0.15, 0.2) is 6.23 Å². The van der Waals surface area contributed by atoms with Crippen LogP contribution in [0.4, 0.5) is 4.79 Å². The number of epoxide rings is 1. The fraction of sp³-hybridized carbons (Fsp3) is 0.579. The average molecular weight is 703 g/mol. The van der Waals surface area contributed by atoms with Gasteiger partial charge < -0.3 is 29.1 Å². The molecule has 0 radical (unpaired) electrons. The summed E-state index contributed by atoms with van der Waals surface area (Å²) in [6.45, 7) is 7.22. The van der Waals surface area contributed by atoms with Crippen molar-refractivity contribution in [3.8, 4) is 5.75 Å². The summed E-state index contributed by atoms with van der Waals surface area (Å²) in [5.74, 6) is -0.522. The van der Waals surface area contributed by atoms with Crippen molar-refractivity contribution < 1.29 is 43.0 Å². The Morgan fingerprint density at radius 1 is 1.10 bits per heavy atom. The Balaban J connectivity index is 1.07. The molecule has 2 aliphatic carbocycles. The number of piperidine rings is 2. The second-order valence-electron chi connectivity index (χ2n) is 15.1. The van der Waals surface area contributed by atoms with Gasteiger partial charge in [-0.05, 0) is 67.6 Å². The molecule has 6 aliphatic rings. The van der Waals surface area contributed by atoms with Crippen molar-refractivity contribution in [3.63, 3.8) is 0 Å². The fourth-order valence-corrected chi connectivity index (χ4v) is 10.4. The van der Waals surface area contributed by atoms with E-state index in [1.807, 2.05) is 25.1 Å². The van der Waals surface area contributed by atoms with Crippen LogP contribution >= 0.6 is 0 Å². The van der Waals surface area contributed by atoms with Crippen molar-refractivity contribution in [1.29, 1.82) is 0 Å². The Hall–Kier alpha value is -4.36. The van der Waals surface area contributed by atoms with Gasteiger partial charge >= 0.3 is 18.0 Å². The van der Waals surface area contributed by atoms with Gasteiger partial charge in [0.25, 0.3) is 5.91 Å². The number of benzene rings is 1. The molecule has 4 aliphatic heterocycles. The number of hydroxylamine groups is 2. The number of carbonyl (C=O) groups is 4. The van der Waals surface area contributed by atoms with Crippen molar-refractivity contribution in [2.45, 2.75) is 64.8 Å². The molecule has 1 saturated carbocycles. The summed E-state index contributed by atoms with van der Waals surface area (Å²) >= 11 is 0. The second-order valence-corrected chi connectivity index (χ2v) is 15.1. The fourth-order valence-electron chi connectivity index (χ4n) is 10.4. The second kappa shape index (κ2) is 12.1. The highest BCUT2D eigenvalue weighted by atomic mass is 16.8. The number of esters is 1. The van der Waals surface area contributed by atoms with Crippen molar-refractivity contribution in [2.75, 3.05) is 41.0 Å². The highest BCUT2D eigenvalue weighted by Crippen LogP contribution is 2.71. The van der Waals surface area contributed by atoms with Crippen molar-refractivity contribution in [2.24, 2.45) is 34.5 Å². The number of carbonyl (C=O) groups excluding carboxylic acids is 4. The van der Waals surface area contributed by atoms with E-state index >= 15 is 0 Å². The van der Waals surface area contributed by atoms with Crippen LogP contribution < -0.4 is 10.1 Å². The molecule has 0 spiro atoms. The van der Waals surface area contributed by atoms with E-state index < -0.39 is 36.2 Å². The number of amides is 2. The zero-order valence-electron chi connectivity index (χ0n) is 30.0. The van der Waals surface area contributed by atoms with E-state index in [1.54, 1.807) is 11.7 Å². The minimum atomic E-state index is -0.766. The summed E-state index contributed by atoms with van der Waals surface area (Å²) in [4.78, 5) is 62.6. The Labute approximate surface area is 296 Å². The first kappa shape index (κ1) is 33.8. The van der Waals surface area contributed by atoms with Crippen LogP contribution in [0, 0.1) is 34.5 Å².